The molecule has 5 nitrogen and oxygen atoms in total. The molecule has 2 aromatic carbocycles. The molecular formula is C17H17Cl2N3O2. The van der Waals surface area contributed by atoms with Gasteiger partial charge in [0.05, 0.1) is 31.0 Å². The molecule has 3 rings (SSSR count). The number of hydrogen-bond acceptors (Lipinski definition) is 5. The number of anilines is 1. The molecule has 1 aliphatic rings. The van der Waals surface area contributed by atoms with Gasteiger partial charge in [0.2, 0.25) is 0 Å². The molecule has 24 heavy (non-hydrogen) atoms. The van der Waals surface area contributed by atoms with Crippen LogP contribution in [0.3, 0.4) is 0 Å². The van der Waals surface area contributed by atoms with E-state index in [0.717, 1.165) is 11.3 Å². The van der Waals surface area contributed by atoms with Crippen molar-refractivity contribution in [3.05, 3.63) is 52.0 Å². The zero-order valence-electron chi connectivity index (χ0n) is 13.3. The number of benzene rings is 2. The quantitative estimate of drug-likeness (QED) is 0.880. The lowest BCUT2D eigenvalue weighted by atomic mass is 10.0. The monoisotopic (exact) mass is 365 g/mol. The number of methoxy groups -OCH3 is 2. The molecule has 2 aromatic rings. The van der Waals surface area contributed by atoms with E-state index in [1.165, 1.54) is 0 Å². The second-order valence-electron chi connectivity index (χ2n) is 5.37. The largest absolute Gasteiger partial charge is 0.493 e. The van der Waals surface area contributed by atoms with E-state index in [0.29, 0.717) is 33.8 Å². The van der Waals surface area contributed by atoms with Gasteiger partial charge in [0.1, 0.15) is 5.84 Å². The first-order valence-corrected chi connectivity index (χ1v) is 8.08. The minimum absolute atomic E-state index is 0.0801. The third kappa shape index (κ3) is 3.09. The van der Waals surface area contributed by atoms with Crippen molar-refractivity contribution in [2.24, 2.45) is 10.8 Å². The minimum Gasteiger partial charge on any atom is -0.493 e. The summed E-state index contributed by atoms with van der Waals surface area (Å²) in [6.45, 7) is 0. The van der Waals surface area contributed by atoms with Gasteiger partial charge in [-0.15, -0.1) is 0 Å². The van der Waals surface area contributed by atoms with E-state index in [-0.39, 0.29) is 6.04 Å². The number of ether oxygens (including phenoxy) is 2. The van der Waals surface area contributed by atoms with Gasteiger partial charge >= 0.3 is 0 Å². The first-order valence-electron chi connectivity index (χ1n) is 7.32. The minimum atomic E-state index is -0.0801. The molecule has 1 heterocycles. The lowest BCUT2D eigenvalue weighted by Gasteiger charge is -2.25. The molecule has 126 valence electrons. The maximum atomic E-state index is 6.34. The molecule has 0 aromatic heterocycles. The summed E-state index contributed by atoms with van der Waals surface area (Å²) >= 11 is 12.3. The number of nitrogens with zero attached hydrogens (tertiary/aromatic N) is 2. The summed E-state index contributed by atoms with van der Waals surface area (Å²) in [6, 6.07) is 11.0. The van der Waals surface area contributed by atoms with Crippen LogP contribution in [-0.2, 0) is 0 Å². The smallest absolute Gasteiger partial charge is 0.161 e. The lowest BCUT2D eigenvalue weighted by molar-refractivity contribution is 0.354. The number of hydrogen-bond donors (Lipinski definition) is 1. The predicted molar refractivity (Wildman–Crippen MR) is 97.5 cm³/mol. The fourth-order valence-corrected chi connectivity index (χ4v) is 3.24. The third-order valence-electron chi connectivity index (χ3n) is 3.88. The highest BCUT2D eigenvalue weighted by molar-refractivity contribution is 6.36. The Balaban J connectivity index is 2.01. The van der Waals surface area contributed by atoms with Gasteiger partial charge in [-0.25, -0.2) is 0 Å². The Morgan fingerprint density at radius 3 is 2.50 bits per heavy atom. The zero-order chi connectivity index (χ0) is 17.3. The maximum Gasteiger partial charge on any atom is 0.161 e. The van der Waals surface area contributed by atoms with Gasteiger partial charge in [0.25, 0.3) is 0 Å². The first kappa shape index (κ1) is 16.7. The van der Waals surface area contributed by atoms with Crippen molar-refractivity contribution in [2.45, 2.75) is 12.5 Å². The van der Waals surface area contributed by atoms with Gasteiger partial charge in [-0.1, -0.05) is 29.3 Å². The standard InChI is InChI=1S/C17H17Cl2N3O2/c1-23-15-6-3-10(7-16(15)24-2)14-9-17(20)21-22(14)13-5-4-11(18)8-12(13)19/h3-8,14H,9H2,1-2H3,(H2,20,21)/t14-/m0/s1. The van der Waals surface area contributed by atoms with Crippen molar-refractivity contribution < 1.29 is 9.47 Å². The Morgan fingerprint density at radius 1 is 1.08 bits per heavy atom. The Morgan fingerprint density at radius 2 is 1.83 bits per heavy atom. The van der Waals surface area contributed by atoms with Crippen LogP contribution in [0.15, 0.2) is 41.5 Å². The number of amidine groups is 1. The van der Waals surface area contributed by atoms with Crippen LogP contribution in [-0.4, -0.2) is 20.1 Å². The maximum absolute atomic E-state index is 6.34. The molecule has 0 radical (unpaired) electrons. The molecule has 0 saturated carbocycles. The number of rotatable bonds is 4. The topological polar surface area (TPSA) is 60.1 Å². The van der Waals surface area contributed by atoms with Gasteiger partial charge in [-0.3, -0.25) is 5.01 Å². The molecule has 2 N–H and O–H groups in total. The second-order valence-corrected chi connectivity index (χ2v) is 6.21. The van der Waals surface area contributed by atoms with Crippen LogP contribution >= 0.6 is 23.2 Å². The van der Waals surface area contributed by atoms with Crippen molar-refractivity contribution in [2.75, 3.05) is 19.2 Å². The molecule has 0 bridgehead atoms. The van der Waals surface area contributed by atoms with E-state index in [4.69, 9.17) is 38.4 Å². The molecule has 1 aliphatic heterocycles. The molecule has 0 amide bonds. The van der Waals surface area contributed by atoms with E-state index in [9.17, 15) is 0 Å². The molecule has 0 fully saturated rings. The average Bonchev–Trinajstić information content (AvgIpc) is 2.95. The highest BCUT2D eigenvalue weighted by Gasteiger charge is 2.30. The Kier molecular flexibility index (Phi) is 4.73. The Hall–Kier alpha value is -2.11. The predicted octanol–water partition coefficient (Wildman–Crippen LogP) is 4.23. The molecule has 0 unspecified atom stereocenters. The van der Waals surface area contributed by atoms with Crippen LogP contribution in [0.4, 0.5) is 5.69 Å². The molecule has 1 atom stereocenters. The van der Waals surface area contributed by atoms with Crippen LogP contribution in [0.25, 0.3) is 0 Å². The molecule has 0 aliphatic carbocycles. The summed E-state index contributed by atoms with van der Waals surface area (Å²) in [5.74, 6) is 1.87. The molecule has 0 saturated heterocycles. The zero-order valence-corrected chi connectivity index (χ0v) is 14.8. The Bertz CT molecular complexity index is 795. The van der Waals surface area contributed by atoms with Crippen molar-refractivity contribution >= 4 is 34.7 Å². The van der Waals surface area contributed by atoms with Crippen LogP contribution < -0.4 is 20.2 Å². The average molecular weight is 366 g/mol. The summed E-state index contributed by atoms with van der Waals surface area (Å²) in [5.41, 5.74) is 7.73. The second kappa shape index (κ2) is 6.79. The van der Waals surface area contributed by atoms with E-state index >= 15 is 0 Å². The van der Waals surface area contributed by atoms with Crippen LogP contribution in [0, 0.1) is 0 Å². The summed E-state index contributed by atoms with van der Waals surface area (Å²) < 4.78 is 10.7. The first-order chi connectivity index (χ1) is 11.5. The molecule has 7 heteroatoms. The van der Waals surface area contributed by atoms with Gasteiger partial charge in [-0.05, 0) is 35.9 Å². The van der Waals surface area contributed by atoms with Gasteiger partial charge in [0.15, 0.2) is 11.5 Å². The Labute approximate surface area is 150 Å². The number of halogens is 2. The van der Waals surface area contributed by atoms with Crippen molar-refractivity contribution in [1.82, 2.24) is 0 Å². The molecular weight excluding hydrogens is 349 g/mol. The van der Waals surface area contributed by atoms with E-state index in [1.807, 2.05) is 29.3 Å². The highest BCUT2D eigenvalue weighted by Crippen LogP contribution is 2.41. The van der Waals surface area contributed by atoms with E-state index in [1.54, 1.807) is 26.4 Å². The number of hydrazone groups is 1. The van der Waals surface area contributed by atoms with Gasteiger partial charge in [-0.2, -0.15) is 5.10 Å². The van der Waals surface area contributed by atoms with E-state index in [2.05, 4.69) is 5.10 Å². The van der Waals surface area contributed by atoms with Crippen LogP contribution in [0.2, 0.25) is 10.0 Å². The van der Waals surface area contributed by atoms with Crippen molar-refractivity contribution in [3.8, 4) is 11.5 Å². The van der Waals surface area contributed by atoms with Crippen LogP contribution in [0.5, 0.6) is 11.5 Å². The summed E-state index contributed by atoms with van der Waals surface area (Å²) in [4.78, 5) is 0. The highest BCUT2D eigenvalue weighted by atomic mass is 35.5. The summed E-state index contributed by atoms with van der Waals surface area (Å²) in [6.07, 6.45) is 0.592. The lowest BCUT2D eigenvalue weighted by Crippen LogP contribution is -2.19. The van der Waals surface area contributed by atoms with Crippen LogP contribution in [0.1, 0.15) is 18.0 Å². The fourth-order valence-electron chi connectivity index (χ4n) is 2.74. The SMILES string of the molecule is COc1ccc([C@@H]2CC(N)=NN2c2ccc(Cl)cc2Cl)cc1OC. The van der Waals surface area contributed by atoms with Crippen molar-refractivity contribution in [1.29, 1.82) is 0 Å². The third-order valence-corrected chi connectivity index (χ3v) is 4.42. The van der Waals surface area contributed by atoms with Crippen molar-refractivity contribution in [3.63, 3.8) is 0 Å². The van der Waals surface area contributed by atoms with E-state index < -0.39 is 0 Å². The number of nitrogens with two attached hydrogens (primary N) is 1. The normalized spacial score (nSPS) is 16.9. The molecule has 0 spiro atoms. The van der Waals surface area contributed by atoms with Gasteiger partial charge < -0.3 is 15.2 Å². The van der Waals surface area contributed by atoms with Gasteiger partial charge in [0, 0.05) is 11.4 Å². The fraction of sp³-hybridized carbons (Fsp3) is 0.235. The summed E-state index contributed by atoms with van der Waals surface area (Å²) in [5, 5.41) is 7.34. The summed E-state index contributed by atoms with van der Waals surface area (Å²) in [7, 11) is 3.21.